The second kappa shape index (κ2) is 11.1. The van der Waals surface area contributed by atoms with Gasteiger partial charge in [-0.1, -0.05) is 44.2 Å². The summed E-state index contributed by atoms with van der Waals surface area (Å²) >= 11 is 6.75. The van der Waals surface area contributed by atoms with E-state index in [0.29, 0.717) is 36.6 Å². The van der Waals surface area contributed by atoms with E-state index in [4.69, 9.17) is 16.6 Å². The Kier molecular flexibility index (Phi) is 7.82. The van der Waals surface area contributed by atoms with Crippen LogP contribution in [0.2, 0.25) is 5.02 Å². The van der Waals surface area contributed by atoms with E-state index in [9.17, 15) is 18.3 Å². The molecular weight excluding hydrogens is 567 g/mol. The van der Waals surface area contributed by atoms with Gasteiger partial charge in [0.2, 0.25) is 5.91 Å². The van der Waals surface area contributed by atoms with Crippen molar-refractivity contribution in [3.8, 4) is 11.3 Å². The minimum atomic E-state index is -3.90. The van der Waals surface area contributed by atoms with Crippen molar-refractivity contribution >= 4 is 45.8 Å². The summed E-state index contributed by atoms with van der Waals surface area (Å²) < 4.78 is 44.2. The van der Waals surface area contributed by atoms with Gasteiger partial charge in [-0.3, -0.25) is 18.9 Å². The number of piperazine rings is 1. The van der Waals surface area contributed by atoms with Crippen LogP contribution in [-0.2, 0) is 4.79 Å². The Morgan fingerprint density at radius 3 is 2.61 bits per heavy atom. The number of hydrogen-bond acceptors (Lipinski definition) is 8. The molecule has 0 bridgehead atoms. The number of benzene rings is 1. The lowest BCUT2D eigenvalue weighted by Crippen LogP contribution is -2.56. The Labute approximate surface area is 245 Å². The van der Waals surface area contributed by atoms with Crippen LogP contribution >= 0.6 is 22.6 Å². The van der Waals surface area contributed by atoms with Crippen molar-refractivity contribution in [1.29, 1.82) is 0 Å². The number of nitrogens with zero attached hydrogens (tertiary/aromatic N) is 6. The monoisotopic (exact) mass is 598 g/mol. The molecule has 12 heteroatoms. The minimum Gasteiger partial charge on any atom is -0.348 e. The maximum Gasteiger partial charge on any atom is 0.246 e. The maximum atomic E-state index is 15.0. The third-order valence-corrected chi connectivity index (χ3v) is 8.81. The molecule has 4 heterocycles. The van der Waals surface area contributed by atoms with Gasteiger partial charge < -0.3 is 9.80 Å². The van der Waals surface area contributed by atoms with Crippen LogP contribution in [0.4, 0.5) is 15.9 Å². The lowest BCUT2D eigenvalue weighted by Gasteiger charge is -2.48. The fourth-order valence-electron chi connectivity index (χ4n) is 5.26. The Bertz CT molecular complexity index is 1570. The third kappa shape index (κ3) is 5.19. The van der Waals surface area contributed by atoms with E-state index in [2.05, 4.69) is 16.0 Å². The van der Waals surface area contributed by atoms with Crippen LogP contribution in [0, 0.1) is 12.7 Å². The highest BCUT2D eigenvalue weighted by atomic mass is 35.5. The summed E-state index contributed by atoms with van der Waals surface area (Å²) in [4.78, 5) is 25.2. The van der Waals surface area contributed by atoms with Gasteiger partial charge in [-0.2, -0.15) is 4.31 Å². The Hall–Kier alpha value is -3.51. The number of carbonyl (C=O) groups excluding carboxylic acids is 1. The van der Waals surface area contributed by atoms with Crippen molar-refractivity contribution in [3.63, 3.8) is 0 Å². The largest absolute Gasteiger partial charge is 0.348 e. The number of fused-ring (bicyclic) bond motifs is 1. The van der Waals surface area contributed by atoms with E-state index in [1.807, 2.05) is 32.6 Å². The molecule has 0 spiro atoms. The molecule has 1 saturated heterocycles. The Balaban J connectivity index is 1.74. The molecule has 1 amide bonds. The first kappa shape index (κ1) is 29.0. The molecule has 216 valence electrons. The number of aromatic nitrogens is 2. The topological polar surface area (TPSA) is 105 Å². The zero-order chi connectivity index (χ0) is 29.6. The zero-order valence-corrected chi connectivity index (χ0v) is 24.8. The van der Waals surface area contributed by atoms with Gasteiger partial charge in [0.15, 0.2) is 11.7 Å². The summed E-state index contributed by atoms with van der Waals surface area (Å²) in [5.41, 5.74) is 2.63. The molecule has 41 heavy (non-hydrogen) atoms. The van der Waals surface area contributed by atoms with Gasteiger partial charge in [0, 0.05) is 37.4 Å². The Morgan fingerprint density at radius 2 is 1.95 bits per heavy atom. The molecule has 1 fully saturated rings. The number of amidine groups is 1. The van der Waals surface area contributed by atoms with E-state index >= 15 is 0 Å². The molecule has 0 aliphatic carbocycles. The van der Waals surface area contributed by atoms with Gasteiger partial charge in [-0.15, -0.1) is 4.40 Å². The molecule has 2 N–H and O–H groups in total. The number of rotatable bonds is 4. The van der Waals surface area contributed by atoms with E-state index in [0.717, 1.165) is 5.56 Å². The second-order valence-corrected chi connectivity index (χ2v) is 12.4. The normalized spacial score (nSPS) is 19.1. The van der Waals surface area contributed by atoms with Gasteiger partial charge in [0.25, 0.3) is 0 Å². The van der Waals surface area contributed by atoms with Crippen LogP contribution in [0.3, 0.4) is 0 Å². The highest BCUT2D eigenvalue weighted by Crippen LogP contribution is 2.58. The lowest BCUT2D eigenvalue weighted by atomic mass is 10.0. The van der Waals surface area contributed by atoms with E-state index < -0.39 is 16.8 Å². The van der Waals surface area contributed by atoms with Crippen molar-refractivity contribution in [2.24, 2.45) is 4.40 Å². The van der Waals surface area contributed by atoms with Crippen molar-refractivity contribution in [1.82, 2.24) is 19.8 Å². The molecule has 0 saturated carbocycles. The average Bonchev–Trinajstić information content (AvgIpc) is 2.92. The van der Waals surface area contributed by atoms with Crippen molar-refractivity contribution in [2.45, 2.75) is 39.7 Å². The van der Waals surface area contributed by atoms with Crippen LogP contribution in [0.5, 0.6) is 0 Å². The number of halogens is 2. The molecule has 2 aliphatic rings. The highest BCUT2D eigenvalue weighted by molar-refractivity contribution is 8.24. The number of aryl methyl sites for hydroxylation is 1. The SMILES string of the molecule is C=CC(=O)N1CCN(C2=NS(O)(O)N(c3c(C)ccnc3C(C)C)c3nc(-c4ccccc4F)c(Cl)cc32)C(C)C1. The van der Waals surface area contributed by atoms with Gasteiger partial charge in [-0.05, 0) is 66.6 Å². The molecule has 2 aromatic heterocycles. The fraction of sp³-hybridized carbons (Fsp3) is 0.310. The first-order chi connectivity index (χ1) is 19.4. The summed E-state index contributed by atoms with van der Waals surface area (Å²) in [6.07, 6.45) is 2.95. The summed E-state index contributed by atoms with van der Waals surface area (Å²) in [6.45, 7) is 12.4. The number of carbonyl (C=O) groups is 1. The van der Waals surface area contributed by atoms with Crippen molar-refractivity contribution in [3.05, 3.63) is 82.9 Å². The molecule has 9 nitrogen and oxygen atoms in total. The molecule has 0 radical (unpaired) electrons. The van der Waals surface area contributed by atoms with Crippen LogP contribution in [-0.4, -0.2) is 66.3 Å². The lowest BCUT2D eigenvalue weighted by molar-refractivity contribution is -0.128. The highest BCUT2D eigenvalue weighted by Gasteiger charge is 2.41. The smallest absolute Gasteiger partial charge is 0.246 e. The van der Waals surface area contributed by atoms with E-state index in [1.54, 1.807) is 41.4 Å². The average molecular weight is 599 g/mol. The first-order valence-corrected chi connectivity index (χ1v) is 15.1. The van der Waals surface area contributed by atoms with E-state index in [1.165, 1.54) is 16.4 Å². The van der Waals surface area contributed by atoms with Gasteiger partial charge in [0.05, 0.1) is 27.7 Å². The summed E-state index contributed by atoms with van der Waals surface area (Å²) in [7, 11) is -3.90. The van der Waals surface area contributed by atoms with Crippen LogP contribution in [0.25, 0.3) is 11.3 Å². The number of hydrogen-bond donors (Lipinski definition) is 2. The molecular formula is C29H32ClFN6O3S. The van der Waals surface area contributed by atoms with Gasteiger partial charge in [0.1, 0.15) is 5.82 Å². The van der Waals surface area contributed by atoms with Gasteiger partial charge in [-0.25, -0.2) is 9.37 Å². The number of pyridine rings is 2. The van der Waals surface area contributed by atoms with Crippen LogP contribution in [0.1, 0.15) is 43.5 Å². The molecule has 2 aliphatic heterocycles. The van der Waals surface area contributed by atoms with Crippen molar-refractivity contribution in [2.75, 3.05) is 23.9 Å². The molecule has 1 atom stereocenters. The summed E-state index contributed by atoms with van der Waals surface area (Å²) in [6, 6.07) is 9.34. The molecule has 1 unspecified atom stereocenters. The second-order valence-electron chi connectivity index (χ2n) is 10.4. The predicted molar refractivity (Wildman–Crippen MR) is 162 cm³/mol. The van der Waals surface area contributed by atoms with E-state index in [-0.39, 0.29) is 45.8 Å². The number of amides is 1. The molecule has 3 aromatic rings. The first-order valence-electron chi connectivity index (χ1n) is 13.2. The summed E-state index contributed by atoms with van der Waals surface area (Å²) in [5.74, 6) is -0.293. The van der Waals surface area contributed by atoms with Gasteiger partial charge >= 0.3 is 0 Å². The molecule has 1 aromatic carbocycles. The minimum absolute atomic E-state index is 0.0669. The Morgan fingerprint density at radius 1 is 1.22 bits per heavy atom. The third-order valence-electron chi connectivity index (χ3n) is 7.26. The predicted octanol–water partition coefficient (Wildman–Crippen LogP) is 6.57. The quantitative estimate of drug-likeness (QED) is 0.327. The van der Waals surface area contributed by atoms with Crippen LogP contribution < -0.4 is 4.31 Å². The fourth-order valence-corrected chi connectivity index (χ4v) is 6.88. The zero-order valence-electron chi connectivity index (χ0n) is 23.3. The standard InChI is InChI=1S/C29H32ClFN6O3S/c1-6-24(38)35-13-14-36(19(5)16-35)29-21-15-22(30)26(20-9-7-8-10-23(20)31)33-28(21)37(41(39,40)34-29)27-18(4)11-12-32-25(27)17(2)3/h6-12,15,17,19,39-40H,1,13-14,16H2,2-5H3. The van der Waals surface area contributed by atoms with Crippen molar-refractivity contribution < 1.29 is 18.3 Å². The van der Waals surface area contributed by atoms with Crippen LogP contribution in [0.15, 0.2) is 59.6 Å². The maximum absolute atomic E-state index is 15.0. The molecule has 5 rings (SSSR count). The summed E-state index contributed by atoms with van der Waals surface area (Å²) in [5, 5.41) is 0.181. The number of anilines is 2.